The van der Waals surface area contributed by atoms with Crippen molar-refractivity contribution >= 4 is 0 Å². The zero-order valence-electron chi connectivity index (χ0n) is 8.09. The Morgan fingerprint density at radius 2 is 1.53 bits per heavy atom. The molecule has 1 nitrogen and oxygen atoms in total. The molecule has 0 radical (unpaired) electrons. The smallest absolute Gasteiger partial charge is 0.340 e. The van der Waals surface area contributed by atoms with Crippen molar-refractivity contribution in [2.75, 3.05) is 6.61 Å². The van der Waals surface area contributed by atoms with Crippen LogP contribution in [0.1, 0.15) is 20.3 Å². The van der Waals surface area contributed by atoms with Crippen LogP contribution < -0.4 is 0 Å². The van der Waals surface area contributed by atoms with Gasteiger partial charge in [-0.1, -0.05) is 13.8 Å². The zero-order chi connectivity index (χ0) is 12.1. The molecule has 0 spiro atoms. The Morgan fingerprint density at radius 1 is 1.07 bits per heavy atom. The fraction of sp³-hybridized carbons (Fsp3) is 1.00. The largest absolute Gasteiger partial charge is 0.459 e. The quantitative estimate of drug-likeness (QED) is 0.635. The molecular formula is C8H10F6O. The second kappa shape index (κ2) is 3.02. The average Bonchev–Trinajstić information content (AvgIpc) is 2.25. The Kier molecular flexibility index (Phi) is 2.54. The predicted molar refractivity (Wildman–Crippen MR) is 39.2 cm³/mol. The van der Waals surface area contributed by atoms with Crippen LogP contribution in [0.5, 0.6) is 0 Å². The second-order valence-corrected chi connectivity index (χ2v) is 4.15. The molecule has 0 amide bonds. The van der Waals surface area contributed by atoms with Crippen molar-refractivity contribution in [2.45, 2.75) is 38.2 Å². The minimum Gasteiger partial charge on any atom is -0.340 e. The van der Waals surface area contributed by atoms with Crippen LogP contribution in [0, 0.1) is 5.41 Å². The van der Waals surface area contributed by atoms with Crippen LogP contribution in [-0.2, 0) is 4.74 Å². The number of rotatable bonds is 1. The lowest BCUT2D eigenvalue weighted by atomic mass is 9.80. The van der Waals surface area contributed by atoms with E-state index in [4.69, 9.17) is 0 Å². The van der Waals surface area contributed by atoms with Crippen molar-refractivity contribution in [3.05, 3.63) is 0 Å². The summed E-state index contributed by atoms with van der Waals surface area (Å²) in [5, 5.41) is 0. The highest BCUT2D eigenvalue weighted by Gasteiger charge is 2.78. The number of hydrogen-bond acceptors (Lipinski definition) is 1. The van der Waals surface area contributed by atoms with Crippen LogP contribution in [0.3, 0.4) is 0 Å². The van der Waals surface area contributed by atoms with Gasteiger partial charge in [0.2, 0.25) is 0 Å². The van der Waals surface area contributed by atoms with Gasteiger partial charge in [-0.3, -0.25) is 0 Å². The first-order valence-corrected chi connectivity index (χ1v) is 4.23. The highest BCUT2D eigenvalue weighted by atomic mass is 19.4. The van der Waals surface area contributed by atoms with E-state index in [1.165, 1.54) is 0 Å². The molecule has 1 rings (SSSR count). The van der Waals surface area contributed by atoms with E-state index < -0.39 is 30.0 Å². The second-order valence-electron chi connectivity index (χ2n) is 4.15. The van der Waals surface area contributed by atoms with Gasteiger partial charge in [0.05, 0.1) is 6.61 Å². The Balaban J connectivity index is 3.16. The number of alkyl halides is 6. The van der Waals surface area contributed by atoms with Crippen molar-refractivity contribution < 1.29 is 31.1 Å². The molecule has 0 bridgehead atoms. The van der Waals surface area contributed by atoms with E-state index in [-0.39, 0.29) is 6.42 Å². The molecule has 0 aromatic rings. The van der Waals surface area contributed by atoms with Crippen LogP contribution in [0.25, 0.3) is 0 Å². The molecule has 1 aliphatic heterocycles. The Bertz CT molecular complexity index is 258. The van der Waals surface area contributed by atoms with E-state index in [0.29, 0.717) is 0 Å². The highest BCUT2D eigenvalue weighted by molar-refractivity contribution is 5.03. The third-order valence-electron chi connectivity index (χ3n) is 2.66. The maximum atomic E-state index is 13.7. The van der Waals surface area contributed by atoms with E-state index in [2.05, 4.69) is 4.74 Å². The van der Waals surface area contributed by atoms with Gasteiger partial charge in [-0.2, -0.15) is 22.0 Å². The summed E-state index contributed by atoms with van der Waals surface area (Å²) in [7, 11) is 0. The summed E-state index contributed by atoms with van der Waals surface area (Å²) in [6.07, 6.45) is -6.14. The predicted octanol–water partition coefficient (Wildman–Crippen LogP) is 3.30. The standard InChI is InChI=1S/C8H10F6O/c1-5(2)3-4-15-7(5,11)6(9,10)8(12,13)14/h3-4H2,1-2H3. The lowest BCUT2D eigenvalue weighted by Crippen LogP contribution is -2.60. The maximum Gasteiger partial charge on any atom is 0.459 e. The molecule has 1 atom stereocenters. The zero-order valence-corrected chi connectivity index (χ0v) is 8.09. The molecule has 0 aromatic carbocycles. The van der Waals surface area contributed by atoms with Gasteiger partial charge in [-0.25, -0.2) is 4.39 Å². The number of ether oxygens (including phenoxy) is 1. The summed E-state index contributed by atoms with van der Waals surface area (Å²) in [5.74, 6) is -9.49. The normalized spacial score (nSPS) is 32.0. The van der Waals surface area contributed by atoms with Crippen LogP contribution in [-0.4, -0.2) is 24.6 Å². The van der Waals surface area contributed by atoms with E-state index in [1.54, 1.807) is 0 Å². The van der Waals surface area contributed by atoms with Crippen LogP contribution in [0.4, 0.5) is 26.3 Å². The van der Waals surface area contributed by atoms with E-state index in [0.717, 1.165) is 13.8 Å². The van der Waals surface area contributed by atoms with Crippen molar-refractivity contribution in [3.8, 4) is 0 Å². The minimum absolute atomic E-state index is 0.185. The summed E-state index contributed by atoms with van der Waals surface area (Å²) in [6, 6.07) is 0. The van der Waals surface area contributed by atoms with Crippen LogP contribution in [0.15, 0.2) is 0 Å². The molecule has 0 saturated carbocycles. The van der Waals surface area contributed by atoms with Gasteiger partial charge >= 0.3 is 12.1 Å². The molecule has 7 heteroatoms. The Hall–Kier alpha value is -0.460. The fourth-order valence-electron chi connectivity index (χ4n) is 1.50. The highest BCUT2D eigenvalue weighted by Crippen LogP contribution is 2.57. The first-order chi connectivity index (χ1) is 6.46. The van der Waals surface area contributed by atoms with Crippen LogP contribution >= 0.6 is 0 Å². The maximum absolute atomic E-state index is 13.7. The Morgan fingerprint density at radius 3 is 1.80 bits per heavy atom. The lowest BCUT2D eigenvalue weighted by Gasteiger charge is -2.38. The summed E-state index contributed by atoms with van der Waals surface area (Å²) >= 11 is 0. The summed E-state index contributed by atoms with van der Waals surface area (Å²) in [6.45, 7) is 1.52. The average molecular weight is 236 g/mol. The molecule has 1 heterocycles. The van der Waals surface area contributed by atoms with Gasteiger partial charge in [0.1, 0.15) is 0 Å². The van der Waals surface area contributed by atoms with Gasteiger partial charge in [0.25, 0.3) is 5.85 Å². The SMILES string of the molecule is CC1(C)CCOC1(F)C(F)(F)C(F)(F)F. The first kappa shape index (κ1) is 12.6. The molecule has 15 heavy (non-hydrogen) atoms. The van der Waals surface area contributed by atoms with Gasteiger partial charge in [-0.05, 0) is 6.42 Å². The summed E-state index contributed by atoms with van der Waals surface area (Å²) in [5.41, 5.74) is -1.87. The van der Waals surface area contributed by atoms with Gasteiger partial charge in [0, 0.05) is 5.41 Å². The van der Waals surface area contributed by atoms with Crippen molar-refractivity contribution in [2.24, 2.45) is 5.41 Å². The summed E-state index contributed by atoms with van der Waals surface area (Å²) in [4.78, 5) is 0. The first-order valence-electron chi connectivity index (χ1n) is 4.23. The molecule has 1 aliphatic rings. The third kappa shape index (κ3) is 1.51. The Labute approximate surface area is 82.4 Å². The molecule has 0 aliphatic carbocycles. The van der Waals surface area contributed by atoms with Crippen molar-refractivity contribution in [1.29, 1.82) is 0 Å². The van der Waals surface area contributed by atoms with Gasteiger partial charge < -0.3 is 4.74 Å². The van der Waals surface area contributed by atoms with E-state index >= 15 is 0 Å². The molecular weight excluding hydrogens is 226 g/mol. The molecule has 1 fully saturated rings. The fourth-order valence-corrected chi connectivity index (χ4v) is 1.50. The topological polar surface area (TPSA) is 9.23 Å². The molecule has 90 valence electrons. The van der Waals surface area contributed by atoms with Crippen LogP contribution in [0.2, 0.25) is 0 Å². The molecule has 1 unspecified atom stereocenters. The minimum atomic E-state index is -5.96. The monoisotopic (exact) mass is 236 g/mol. The lowest BCUT2D eigenvalue weighted by molar-refractivity contribution is -0.391. The van der Waals surface area contributed by atoms with Crippen molar-refractivity contribution in [1.82, 2.24) is 0 Å². The van der Waals surface area contributed by atoms with E-state index in [9.17, 15) is 26.3 Å². The molecule has 0 aromatic heterocycles. The molecule has 0 N–H and O–H groups in total. The number of hydrogen-bond donors (Lipinski definition) is 0. The van der Waals surface area contributed by atoms with E-state index in [1.807, 2.05) is 0 Å². The van der Waals surface area contributed by atoms with Crippen molar-refractivity contribution in [3.63, 3.8) is 0 Å². The molecule has 1 saturated heterocycles. The van der Waals surface area contributed by atoms with Gasteiger partial charge in [0.15, 0.2) is 0 Å². The van der Waals surface area contributed by atoms with Gasteiger partial charge in [-0.15, -0.1) is 0 Å². The summed E-state index contributed by atoms with van der Waals surface area (Å²) < 4.78 is 79.5. The third-order valence-corrected chi connectivity index (χ3v) is 2.66. The number of halogens is 6.